The van der Waals surface area contributed by atoms with Crippen LogP contribution in [0, 0.1) is 17.0 Å². The van der Waals surface area contributed by atoms with E-state index in [1.54, 1.807) is 6.92 Å². The van der Waals surface area contributed by atoms with Crippen LogP contribution in [0.2, 0.25) is 0 Å². The molecule has 1 atom stereocenters. The molecule has 0 aliphatic heterocycles. The molecule has 7 nitrogen and oxygen atoms in total. The number of aryl methyl sites for hydroxylation is 1. The number of carbonyl (C=O) groups excluding carboxylic acids is 1. The molecular weight excluding hydrogens is 252 g/mol. The van der Waals surface area contributed by atoms with E-state index in [1.165, 1.54) is 25.1 Å². The maximum atomic E-state index is 11.8. The molecule has 0 fully saturated rings. The van der Waals surface area contributed by atoms with Gasteiger partial charge in [-0.1, -0.05) is 6.92 Å². The molecule has 0 saturated carbocycles. The predicted molar refractivity (Wildman–Crippen MR) is 67.0 cm³/mol. The van der Waals surface area contributed by atoms with Crippen LogP contribution in [0.4, 0.5) is 5.69 Å². The molecule has 2 N–H and O–H groups in total. The standard InChI is InChI=1S/C12H14N2O5/c1-3-9(12(16)17)13-11(15)8-4-5-10(14(18)19)7(2)6-8/h4-6,9H,3H2,1-2H3,(H,13,15)(H,16,17)/t9-/m1/s1. The van der Waals surface area contributed by atoms with Crippen LogP contribution < -0.4 is 5.32 Å². The summed E-state index contributed by atoms with van der Waals surface area (Å²) in [6, 6.07) is 2.92. The van der Waals surface area contributed by atoms with Crippen LogP contribution in [0.5, 0.6) is 0 Å². The lowest BCUT2D eigenvalue weighted by Crippen LogP contribution is -2.40. The zero-order valence-electron chi connectivity index (χ0n) is 10.5. The molecule has 0 bridgehead atoms. The highest BCUT2D eigenvalue weighted by Gasteiger charge is 2.20. The summed E-state index contributed by atoms with van der Waals surface area (Å²) in [6.07, 6.45) is 0.257. The molecule has 1 aromatic rings. The first-order valence-electron chi connectivity index (χ1n) is 5.65. The number of carboxylic acids is 1. The molecule has 0 unspecified atom stereocenters. The lowest BCUT2D eigenvalue weighted by molar-refractivity contribution is -0.385. The Morgan fingerprint density at radius 1 is 1.47 bits per heavy atom. The lowest BCUT2D eigenvalue weighted by Gasteiger charge is -2.12. The fourth-order valence-electron chi connectivity index (χ4n) is 1.58. The Morgan fingerprint density at radius 2 is 2.11 bits per heavy atom. The zero-order valence-corrected chi connectivity index (χ0v) is 10.5. The van der Waals surface area contributed by atoms with Gasteiger partial charge in [0.1, 0.15) is 6.04 Å². The smallest absolute Gasteiger partial charge is 0.326 e. The number of carboxylic acid groups (broad SMARTS) is 1. The highest BCUT2D eigenvalue weighted by Crippen LogP contribution is 2.18. The van der Waals surface area contributed by atoms with Gasteiger partial charge in [0.15, 0.2) is 0 Å². The third-order valence-electron chi connectivity index (χ3n) is 2.67. The first kappa shape index (κ1) is 14.6. The number of hydrogen-bond donors (Lipinski definition) is 2. The summed E-state index contributed by atoms with van der Waals surface area (Å²) in [7, 11) is 0. The molecule has 0 aliphatic carbocycles. The van der Waals surface area contributed by atoms with Gasteiger partial charge in [0.05, 0.1) is 4.92 Å². The maximum absolute atomic E-state index is 11.8. The number of nitrogens with zero attached hydrogens (tertiary/aromatic N) is 1. The number of nitrogens with one attached hydrogen (secondary N) is 1. The van der Waals surface area contributed by atoms with Gasteiger partial charge in [-0.05, 0) is 25.5 Å². The van der Waals surface area contributed by atoms with Crippen LogP contribution >= 0.6 is 0 Å². The quantitative estimate of drug-likeness (QED) is 0.619. The van der Waals surface area contributed by atoms with E-state index >= 15 is 0 Å². The van der Waals surface area contributed by atoms with Crippen LogP contribution in [0.1, 0.15) is 29.3 Å². The molecule has 102 valence electrons. The van der Waals surface area contributed by atoms with E-state index in [0.717, 1.165) is 0 Å². The molecule has 0 spiro atoms. The van der Waals surface area contributed by atoms with Gasteiger partial charge in [0, 0.05) is 17.2 Å². The number of aliphatic carboxylic acids is 1. The van der Waals surface area contributed by atoms with Crippen molar-refractivity contribution in [1.82, 2.24) is 5.32 Å². The van der Waals surface area contributed by atoms with Crippen LogP contribution in [-0.4, -0.2) is 27.9 Å². The molecule has 19 heavy (non-hydrogen) atoms. The summed E-state index contributed by atoms with van der Waals surface area (Å²) in [5.74, 6) is -1.68. The monoisotopic (exact) mass is 266 g/mol. The van der Waals surface area contributed by atoms with E-state index in [2.05, 4.69) is 5.32 Å². The Balaban J connectivity index is 2.92. The topological polar surface area (TPSA) is 110 Å². The van der Waals surface area contributed by atoms with Gasteiger partial charge in [-0.15, -0.1) is 0 Å². The van der Waals surface area contributed by atoms with Gasteiger partial charge in [0.25, 0.3) is 11.6 Å². The number of hydrogen-bond acceptors (Lipinski definition) is 4. The Kier molecular flexibility index (Phi) is 4.57. The second-order valence-electron chi connectivity index (χ2n) is 4.03. The van der Waals surface area contributed by atoms with Crippen LogP contribution in [-0.2, 0) is 4.79 Å². The largest absolute Gasteiger partial charge is 0.480 e. The third kappa shape index (κ3) is 3.51. The lowest BCUT2D eigenvalue weighted by atomic mass is 10.1. The number of amides is 1. The summed E-state index contributed by atoms with van der Waals surface area (Å²) >= 11 is 0. The number of benzene rings is 1. The van der Waals surface area contributed by atoms with Crippen LogP contribution in [0.3, 0.4) is 0 Å². The normalized spacial score (nSPS) is 11.7. The van der Waals surface area contributed by atoms with E-state index in [-0.39, 0.29) is 17.7 Å². The molecule has 1 amide bonds. The van der Waals surface area contributed by atoms with Crippen LogP contribution in [0.25, 0.3) is 0 Å². The van der Waals surface area contributed by atoms with Crippen molar-refractivity contribution in [3.05, 3.63) is 39.4 Å². The van der Waals surface area contributed by atoms with Crippen LogP contribution in [0.15, 0.2) is 18.2 Å². The Morgan fingerprint density at radius 3 is 2.53 bits per heavy atom. The minimum Gasteiger partial charge on any atom is -0.480 e. The van der Waals surface area contributed by atoms with E-state index in [1.807, 2.05) is 0 Å². The van der Waals surface area contributed by atoms with E-state index in [4.69, 9.17) is 5.11 Å². The average molecular weight is 266 g/mol. The maximum Gasteiger partial charge on any atom is 0.326 e. The molecular formula is C12H14N2O5. The number of rotatable bonds is 5. The Labute approximate surface area is 109 Å². The number of nitro benzene ring substituents is 1. The molecule has 1 aromatic carbocycles. The molecule has 1 rings (SSSR count). The van der Waals surface area contributed by atoms with Crippen molar-refractivity contribution in [2.75, 3.05) is 0 Å². The predicted octanol–water partition coefficient (Wildman–Crippen LogP) is 1.50. The van der Waals surface area contributed by atoms with Crippen molar-refractivity contribution in [3.63, 3.8) is 0 Å². The summed E-state index contributed by atoms with van der Waals surface area (Å²) < 4.78 is 0. The first-order chi connectivity index (χ1) is 8.86. The second kappa shape index (κ2) is 5.94. The van der Waals surface area contributed by atoms with E-state index < -0.39 is 22.8 Å². The number of nitro groups is 1. The van der Waals surface area contributed by atoms with Crippen molar-refractivity contribution < 1.29 is 19.6 Å². The molecule has 0 saturated heterocycles. The highest BCUT2D eigenvalue weighted by molar-refractivity contribution is 5.97. The van der Waals surface area contributed by atoms with Crippen molar-refractivity contribution >= 4 is 17.6 Å². The molecule has 0 radical (unpaired) electrons. The first-order valence-corrected chi connectivity index (χ1v) is 5.65. The molecule has 0 heterocycles. The highest BCUT2D eigenvalue weighted by atomic mass is 16.6. The minimum absolute atomic E-state index is 0.0816. The number of carbonyl (C=O) groups is 2. The van der Waals surface area contributed by atoms with Crippen molar-refractivity contribution in [1.29, 1.82) is 0 Å². The van der Waals surface area contributed by atoms with E-state index in [0.29, 0.717) is 5.56 Å². The molecule has 0 aromatic heterocycles. The summed E-state index contributed by atoms with van der Waals surface area (Å²) in [4.78, 5) is 32.7. The van der Waals surface area contributed by atoms with Gasteiger partial charge in [-0.25, -0.2) is 4.79 Å². The molecule has 7 heteroatoms. The van der Waals surface area contributed by atoms with Gasteiger partial charge >= 0.3 is 5.97 Å². The van der Waals surface area contributed by atoms with Crippen molar-refractivity contribution in [3.8, 4) is 0 Å². The fourth-order valence-corrected chi connectivity index (χ4v) is 1.58. The second-order valence-corrected chi connectivity index (χ2v) is 4.03. The third-order valence-corrected chi connectivity index (χ3v) is 2.67. The van der Waals surface area contributed by atoms with Crippen molar-refractivity contribution in [2.24, 2.45) is 0 Å². The molecule has 0 aliphatic rings. The van der Waals surface area contributed by atoms with Gasteiger partial charge in [-0.2, -0.15) is 0 Å². The van der Waals surface area contributed by atoms with Crippen molar-refractivity contribution in [2.45, 2.75) is 26.3 Å². The fraction of sp³-hybridized carbons (Fsp3) is 0.333. The Hall–Kier alpha value is -2.44. The summed E-state index contributed by atoms with van der Waals surface area (Å²) in [5.41, 5.74) is 0.464. The van der Waals surface area contributed by atoms with E-state index in [9.17, 15) is 19.7 Å². The average Bonchev–Trinajstić information content (AvgIpc) is 2.34. The van der Waals surface area contributed by atoms with Gasteiger partial charge in [0.2, 0.25) is 0 Å². The zero-order chi connectivity index (χ0) is 14.6. The van der Waals surface area contributed by atoms with Gasteiger partial charge < -0.3 is 10.4 Å². The SMILES string of the molecule is CC[C@@H](NC(=O)c1ccc([N+](=O)[O-])c(C)c1)C(=O)O. The summed E-state index contributed by atoms with van der Waals surface area (Å²) in [5, 5.41) is 21.8. The van der Waals surface area contributed by atoms with Gasteiger partial charge in [-0.3, -0.25) is 14.9 Å². The Bertz CT molecular complexity index is 527. The minimum atomic E-state index is -1.12. The summed E-state index contributed by atoms with van der Waals surface area (Å²) in [6.45, 7) is 3.16.